The van der Waals surface area contributed by atoms with Crippen LogP contribution in [0.5, 0.6) is 0 Å². The van der Waals surface area contributed by atoms with Crippen LogP contribution in [-0.4, -0.2) is 65.7 Å². The zero-order valence-electron chi connectivity index (χ0n) is 13.8. The van der Waals surface area contributed by atoms with Gasteiger partial charge in [-0.2, -0.15) is 0 Å². The quantitative estimate of drug-likeness (QED) is 0.628. The van der Waals surface area contributed by atoms with Gasteiger partial charge in [-0.05, 0) is 32.7 Å². The van der Waals surface area contributed by atoms with Crippen molar-refractivity contribution in [3.63, 3.8) is 0 Å². The molecule has 5 nitrogen and oxygen atoms in total. The number of carbonyl (C=O) groups excluding carboxylic acids is 1. The summed E-state index contributed by atoms with van der Waals surface area (Å²) in [6.07, 6.45) is 5.65. The van der Waals surface area contributed by atoms with Crippen molar-refractivity contribution in [2.45, 2.75) is 64.5 Å². The third-order valence-electron chi connectivity index (χ3n) is 4.27. The number of hydrogen-bond acceptors (Lipinski definition) is 4. The van der Waals surface area contributed by atoms with E-state index >= 15 is 0 Å². The van der Waals surface area contributed by atoms with E-state index in [4.69, 9.17) is 5.73 Å². The van der Waals surface area contributed by atoms with Crippen molar-refractivity contribution in [1.29, 1.82) is 0 Å². The van der Waals surface area contributed by atoms with E-state index in [1.54, 1.807) is 0 Å². The second kappa shape index (κ2) is 10.1. The molecule has 1 amide bonds. The predicted octanol–water partition coefficient (Wildman–Crippen LogP) is 1.20. The molecule has 1 saturated heterocycles. The molecule has 0 aromatic carbocycles. The van der Waals surface area contributed by atoms with Crippen LogP contribution in [-0.2, 0) is 4.79 Å². The monoisotopic (exact) mass is 299 g/mol. The Hall–Kier alpha value is -0.650. The number of aliphatic hydroxyl groups excluding tert-OH is 1. The van der Waals surface area contributed by atoms with Gasteiger partial charge in [-0.3, -0.25) is 9.69 Å². The molecule has 1 rings (SSSR count). The van der Waals surface area contributed by atoms with Gasteiger partial charge in [0.25, 0.3) is 0 Å². The second-order valence-corrected chi connectivity index (χ2v) is 6.20. The second-order valence-electron chi connectivity index (χ2n) is 6.20. The number of amides is 1. The van der Waals surface area contributed by atoms with Crippen LogP contribution in [0.15, 0.2) is 0 Å². The van der Waals surface area contributed by atoms with Crippen molar-refractivity contribution in [2.75, 3.05) is 32.7 Å². The highest BCUT2D eigenvalue weighted by atomic mass is 16.3. The molecular formula is C16H33N3O2. The highest BCUT2D eigenvalue weighted by Gasteiger charge is 2.28. The van der Waals surface area contributed by atoms with Crippen LogP contribution in [0.25, 0.3) is 0 Å². The Morgan fingerprint density at radius 2 is 2.00 bits per heavy atom. The molecule has 5 heteroatoms. The lowest BCUT2D eigenvalue weighted by molar-refractivity contribution is -0.134. The molecule has 0 bridgehead atoms. The minimum absolute atomic E-state index is 0.290. The maximum Gasteiger partial charge on any atom is 0.222 e. The molecule has 1 fully saturated rings. The Labute approximate surface area is 129 Å². The van der Waals surface area contributed by atoms with Crippen LogP contribution in [0.2, 0.25) is 0 Å². The Kier molecular flexibility index (Phi) is 8.88. The van der Waals surface area contributed by atoms with Crippen molar-refractivity contribution in [3.05, 3.63) is 0 Å². The molecule has 2 atom stereocenters. The number of nitrogens with two attached hydrogens (primary N) is 1. The normalized spacial score (nSPS) is 21.5. The zero-order valence-corrected chi connectivity index (χ0v) is 13.8. The summed E-state index contributed by atoms with van der Waals surface area (Å²) in [5, 5.41) is 9.55. The molecule has 124 valence electrons. The van der Waals surface area contributed by atoms with Gasteiger partial charge in [-0.25, -0.2) is 0 Å². The number of piperazine rings is 1. The first kappa shape index (κ1) is 18.4. The molecule has 0 spiro atoms. The maximum atomic E-state index is 12.3. The van der Waals surface area contributed by atoms with Crippen molar-refractivity contribution in [3.8, 4) is 0 Å². The zero-order chi connectivity index (χ0) is 15.7. The first-order chi connectivity index (χ1) is 10.1. The van der Waals surface area contributed by atoms with Gasteiger partial charge in [0.05, 0.1) is 6.10 Å². The summed E-state index contributed by atoms with van der Waals surface area (Å²) in [7, 11) is 0. The van der Waals surface area contributed by atoms with Gasteiger partial charge < -0.3 is 15.7 Å². The standard InChI is InChI=1S/C16H33N3O2/c1-3-15-13-19(11-10-18(15)12-14(2)20)16(21)8-6-4-5-7-9-17/h14-15,20H,3-13,17H2,1-2H3. The number of carbonyl (C=O) groups is 1. The van der Waals surface area contributed by atoms with E-state index in [0.29, 0.717) is 19.0 Å². The van der Waals surface area contributed by atoms with Gasteiger partial charge in [0, 0.05) is 38.6 Å². The summed E-state index contributed by atoms with van der Waals surface area (Å²) in [4.78, 5) is 16.6. The van der Waals surface area contributed by atoms with E-state index in [1.165, 1.54) is 0 Å². The SMILES string of the molecule is CCC1CN(C(=O)CCCCCCN)CCN1CC(C)O. The Morgan fingerprint density at radius 3 is 2.62 bits per heavy atom. The van der Waals surface area contributed by atoms with Gasteiger partial charge in [-0.15, -0.1) is 0 Å². The van der Waals surface area contributed by atoms with E-state index in [9.17, 15) is 9.90 Å². The Bertz CT molecular complexity index is 297. The fraction of sp³-hybridized carbons (Fsp3) is 0.938. The number of unbranched alkanes of at least 4 members (excludes halogenated alkanes) is 3. The van der Waals surface area contributed by atoms with Gasteiger partial charge in [0.2, 0.25) is 5.91 Å². The molecule has 1 aliphatic heterocycles. The van der Waals surface area contributed by atoms with Crippen molar-refractivity contribution in [2.24, 2.45) is 5.73 Å². The third-order valence-corrected chi connectivity index (χ3v) is 4.27. The van der Waals surface area contributed by atoms with Crippen LogP contribution >= 0.6 is 0 Å². The van der Waals surface area contributed by atoms with E-state index < -0.39 is 0 Å². The fourth-order valence-corrected chi connectivity index (χ4v) is 3.02. The van der Waals surface area contributed by atoms with Crippen molar-refractivity contribution >= 4 is 5.91 Å². The highest BCUT2D eigenvalue weighted by molar-refractivity contribution is 5.76. The lowest BCUT2D eigenvalue weighted by Crippen LogP contribution is -2.55. The van der Waals surface area contributed by atoms with Gasteiger partial charge >= 0.3 is 0 Å². The molecule has 0 saturated carbocycles. The summed E-state index contributed by atoms with van der Waals surface area (Å²) in [6.45, 7) is 7.92. The van der Waals surface area contributed by atoms with Crippen LogP contribution in [0.1, 0.15) is 52.4 Å². The smallest absolute Gasteiger partial charge is 0.222 e. The highest BCUT2D eigenvalue weighted by Crippen LogP contribution is 2.15. The topological polar surface area (TPSA) is 69.8 Å². The molecule has 0 aromatic heterocycles. The molecule has 0 aromatic rings. The first-order valence-electron chi connectivity index (χ1n) is 8.48. The van der Waals surface area contributed by atoms with Gasteiger partial charge in [0.1, 0.15) is 0 Å². The first-order valence-corrected chi connectivity index (χ1v) is 8.48. The number of rotatable bonds is 9. The maximum absolute atomic E-state index is 12.3. The van der Waals surface area contributed by atoms with E-state index in [0.717, 1.165) is 58.3 Å². The van der Waals surface area contributed by atoms with E-state index in [-0.39, 0.29) is 12.0 Å². The molecule has 2 unspecified atom stereocenters. The van der Waals surface area contributed by atoms with Crippen molar-refractivity contribution in [1.82, 2.24) is 9.80 Å². The largest absolute Gasteiger partial charge is 0.392 e. The molecule has 21 heavy (non-hydrogen) atoms. The number of hydrogen-bond donors (Lipinski definition) is 2. The Balaban J connectivity index is 2.31. The molecule has 0 radical (unpaired) electrons. The minimum Gasteiger partial charge on any atom is -0.392 e. The fourth-order valence-electron chi connectivity index (χ4n) is 3.02. The number of nitrogens with zero attached hydrogens (tertiary/aromatic N) is 2. The minimum atomic E-state index is -0.302. The van der Waals surface area contributed by atoms with E-state index in [1.807, 2.05) is 11.8 Å². The van der Waals surface area contributed by atoms with Crippen LogP contribution in [0.3, 0.4) is 0 Å². The van der Waals surface area contributed by atoms with Crippen molar-refractivity contribution < 1.29 is 9.90 Å². The molecule has 1 heterocycles. The van der Waals surface area contributed by atoms with E-state index in [2.05, 4.69) is 11.8 Å². The van der Waals surface area contributed by atoms with Crippen LogP contribution < -0.4 is 5.73 Å². The average molecular weight is 299 g/mol. The summed E-state index contributed by atoms with van der Waals surface area (Å²) in [5.41, 5.74) is 5.47. The summed E-state index contributed by atoms with van der Waals surface area (Å²) in [5.74, 6) is 0.290. The summed E-state index contributed by atoms with van der Waals surface area (Å²) < 4.78 is 0. The predicted molar refractivity (Wildman–Crippen MR) is 86.1 cm³/mol. The van der Waals surface area contributed by atoms with Crippen LogP contribution in [0, 0.1) is 0 Å². The summed E-state index contributed by atoms with van der Waals surface area (Å²) >= 11 is 0. The molecule has 0 aliphatic carbocycles. The number of aliphatic hydroxyl groups is 1. The molecule has 1 aliphatic rings. The Morgan fingerprint density at radius 1 is 1.29 bits per heavy atom. The lowest BCUT2D eigenvalue weighted by Gasteiger charge is -2.41. The van der Waals surface area contributed by atoms with Gasteiger partial charge in [-0.1, -0.05) is 19.8 Å². The summed E-state index contributed by atoms with van der Waals surface area (Å²) in [6, 6.07) is 0.384. The van der Waals surface area contributed by atoms with Gasteiger partial charge in [0.15, 0.2) is 0 Å². The average Bonchev–Trinajstić information content (AvgIpc) is 2.46. The third kappa shape index (κ3) is 6.76. The number of β-amino-alcohol motifs (C(OH)–C–C–N with tert-alkyl or cyclic N) is 1. The lowest BCUT2D eigenvalue weighted by atomic mass is 10.1. The molecular weight excluding hydrogens is 266 g/mol. The van der Waals surface area contributed by atoms with Crippen LogP contribution in [0.4, 0.5) is 0 Å². The molecule has 3 N–H and O–H groups in total.